The smallest absolute Gasteiger partial charge is 0.292 e. The Balaban J connectivity index is 2.05. The minimum atomic E-state index is -0.436. The number of nitrogens with two attached hydrogens (primary N) is 1. The van der Waals surface area contributed by atoms with Gasteiger partial charge < -0.3 is 5.73 Å². The molecule has 0 bridgehead atoms. The molecular weight excluding hydrogens is 254 g/mol. The van der Waals surface area contributed by atoms with Crippen LogP contribution in [0.1, 0.15) is 38.7 Å². The lowest BCUT2D eigenvalue weighted by molar-refractivity contribution is -0.383. The monoisotopic (exact) mass is 277 g/mol. The van der Waals surface area contributed by atoms with Gasteiger partial charge in [0, 0.05) is 19.2 Å². The number of anilines is 1. The Morgan fingerprint density at radius 2 is 2.10 bits per heavy atom. The molecule has 1 aliphatic rings. The SMILES string of the molecule is CCC1(CC)CCN(Cc2ccc([N+](=O)[O-])c(N)c2)C1. The van der Waals surface area contributed by atoms with Gasteiger partial charge in [-0.1, -0.05) is 19.9 Å². The van der Waals surface area contributed by atoms with Gasteiger partial charge in [-0.15, -0.1) is 0 Å². The van der Waals surface area contributed by atoms with Crippen LogP contribution in [0.15, 0.2) is 18.2 Å². The molecule has 110 valence electrons. The summed E-state index contributed by atoms with van der Waals surface area (Å²) in [5.41, 5.74) is 7.49. The molecule has 0 radical (unpaired) electrons. The van der Waals surface area contributed by atoms with E-state index in [1.165, 1.54) is 25.3 Å². The fourth-order valence-corrected chi connectivity index (χ4v) is 3.12. The summed E-state index contributed by atoms with van der Waals surface area (Å²) in [6.45, 7) is 7.55. The van der Waals surface area contributed by atoms with Crippen molar-refractivity contribution in [1.29, 1.82) is 0 Å². The summed E-state index contributed by atoms with van der Waals surface area (Å²) in [7, 11) is 0. The van der Waals surface area contributed by atoms with Crippen molar-refractivity contribution in [2.75, 3.05) is 18.8 Å². The number of benzene rings is 1. The molecule has 1 aromatic rings. The molecule has 1 aromatic carbocycles. The lowest BCUT2D eigenvalue weighted by Crippen LogP contribution is -2.26. The maximum Gasteiger partial charge on any atom is 0.292 e. The van der Waals surface area contributed by atoms with Crippen LogP contribution in [0.4, 0.5) is 11.4 Å². The summed E-state index contributed by atoms with van der Waals surface area (Å²) in [6, 6.07) is 5.05. The highest BCUT2D eigenvalue weighted by molar-refractivity contribution is 5.59. The molecule has 0 amide bonds. The Morgan fingerprint density at radius 3 is 2.60 bits per heavy atom. The molecule has 2 N–H and O–H groups in total. The van der Waals surface area contributed by atoms with Crippen molar-refractivity contribution in [1.82, 2.24) is 4.90 Å². The zero-order valence-electron chi connectivity index (χ0n) is 12.3. The van der Waals surface area contributed by atoms with Crippen molar-refractivity contribution in [2.24, 2.45) is 5.41 Å². The van der Waals surface area contributed by atoms with Crippen LogP contribution in [0.5, 0.6) is 0 Å². The molecule has 0 aromatic heterocycles. The average Bonchev–Trinajstić information content (AvgIpc) is 2.82. The van der Waals surface area contributed by atoms with Gasteiger partial charge in [0.25, 0.3) is 5.69 Å². The second-order valence-electron chi connectivity index (χ2n) is 5.82. The fourth-order valence-electron chi connectivity index (χ4n) is 3.12. The van der Waals surface area contributed by atoms with E-state index in [0.717, 1.165) is 25.2 Å². The van der Waals surface area contributed by atoms with E-state index in [1.54, 1.807) is 6.07 Å². The molecular formula is C15H23N3O2. The highest BCUT2D eigenvalue weighted by atomic mass is 16.6. The Hall–Kier alpha value is -1.62. The third-order valence-electron chi connectivity index (χ3n) is 4.71. The van der Waals surface area contributed by atoms with Crippen molar-refractivity contribution in [3.8, 4) is 0 Å². The fraction of sp³-hybridized carbons (Fsp3) is 0.600. The largest absolute Gasteiger partial charge is 0.393 e. The molecule has 0 spiro atoms. The van der Waals surface area contributed by atoms with Gasteiger partial charge in [-0.3, -0.25) is 15.0 Å². The summed E-state index contributed by atoms with van der Waals surface area (Å²) < 4.78 is 0. The second kappa shape index (κ2) is 5.79. The summed E-state index contributed by atoms with van der Waals surface area (Å²) in [4.78, 5) is 12.7. The normalized spacial score (nSPS) is 18.3. The molecule has 1 saturated heterocycles. The van der Waals surface area contributed by atoms with Crippen LogP contribution in [-0.2, 0) is 6.54 Å². The summed E-state index contributed by atoms with van der Waals surface area (Å²) >= 11 is 0. The first kappa shape index (κ1) is 14.8. The van der Waals surface area contributed by atoms with Gasteiger partial charge in [0.05, 0.1) is 4.92 Å². The van der Waals surface area contributed by atoms with E-state index in [-0.39, 0.29) is 11.4 Å². The third-order valence-corrected chi connectivity index (χ3v) is 4.71. The molecule has 2 rings (SSSR count). The van der Waals surface area contributed by atoms with E-state index in [9.17, 15) is 10.1 Å². The highest BCUT2D eigenvalue weighted by Crippen LogP contribution is 2.37. The van der Waals surface area contributed by atoms with Gasteiger partial charge >= 0.3 is 0 Å². The van der Waals surface area contributed by atoms with Gasteiger partial charge in [-0.2, -0.15) is 0 Å². The molecule has 5 heteroatoms. The van der Waals surface area contributed by atoms with Gasteiger partial charge in [0.15, 0.2) is 0 Å². The molecule has 5 nitrogen and oxygen atoms in total. The van der Waals surface area contributed by atoms with Gasteiger partial charge in [0.1, 0.15) is 5.69 Å². The molecule has 1 aliphatic heterocycles. The van der Waals surface area contributed by atoms with Crippen molar-refractivity contribution < 1.29 is 4.92 Å². The van der Waals surface area contributed by atoms with E-state index >= 15 is 0 Å². The molecule has 1 fully saturated rings. The van der Waals surface area contributed by atoms with Crippen molar-refractivity contribution >= 4 is 11.4 Å². The van der Waals surface area contributed by atoms with Crippen LogP contribution >= 0.6 is 0 Å². The Kier molecular flexibility index (Phi) is 4.28. The lowest BCUT2D eigenvalue weighted by atomic mass is 9.82. The first-order chi connectivity index (χ1) is 9.49. The van der Waals surface area contributed by atoms with Crippen molar-refractivity contribution in [3.63, 3.8) is 0 Å². The number of hydrogen-bond acceptors (Lipinski definition) is 4. The number of nitrogens with zero attached hydrogens (tertiary/aromatic N) is 2. The van der Waals surface area contributed by atoms with Gasteiger partial charge in [-0.25, -0.2) is 0 Å². The quantitative estimate of drug-likeness (QED) is 0.509. The number of hydrogen-bond donors (Lipinski definition) is 1. The first-order valence-corrected chi connectivity index (χ1v) is 7.25. The minimum absolute atomic E-state index is 0.00775. The van der Waals surface area contributed by atoms with Crippen LogP contribution in [0.25, 0.3) is 0 Å². The van der Waals surface area contributed by atoms with E-state index in [0.29, 0.717) is 5.41 Å². The highest BCUT2D eigenvalue weighted by Gasteiger charge is 2.34. The lowest BCUT2D eigenvalue weighted by Gasteiger charge is -2.26. The Morgan fingerprint density at radius 1 is 1.40 bits per heavy atom. The first-order valence-electron chi connectivity index (χ1n) is 7.25. The standard InChI is InChI=1S/C15H23N3O2/c1-3-15(4-2)7-8-17(11-15)10-12-5-6-14(18(19)20)13(16)9-12/h5-6,9H,3-4,7-8,10-11,16H2,1-2H3. The molecule has 0 aliphatic carbocycles. The van der Waals surface area contributed by atoms with Crippen LogP contribution in [0.2, 0.25) is 0 Å². The summed E-state index contributed by atoms with van der Waals surface area (Å²) in [5.74, 6) is 0. The molecule has 0 atom stereocenters. The zero-order valence-corrected chi connectivity index (χ0v) is 12.3. The third kappa shape index (κ3) is 2.93. The zero-order chi connectivity index (χ0) is 14.8. The molecule has 20 heavy (non-hydrogen) atoms. The predicted molar refractivity (Wildman–Crippen MR) is 80.4 cm³/mol. The van der Waals surface area contributed by atoms with Gasteiger partial charge in [0.2, 0.25) is 0 Å². The Bertz CT molecular complexity index is 498. The van der Waals surface area contributed by atoms with E-state index in [4.69, 9.17) is 5.73 Å². The average molecular weight is 277 g/mol. The van der Waals surface area contributed by atoms with Crippen LogP contribution < -0.4 is 5.73 Å². The summed E-state index contributed by atoms with van der Waals surface area (Å²) in [5, 5.41) is 10.8. The van der Waals surface area contributed by atoms with Crippen molar-refractivity contribution in [3.05, 3.63) is 33.9 Å². The maximum atomic E-state index is 10.8. The van der Waals surface area contributed by atoms with Crippen molar-refractivity contribution in [2.45, 2.75) is 39.7 Å². The second-order valence-corrected chi connectivity index (χ2v) is 5.82. The number of rotatable bonds is 5. The maximum absolute atomic E-state index is 10.8. The van der Waals surface area contributed by atoms with Crippen LogP contribution in [0.3, 0.4) is 0 Å². The number of nitrogen functional groups attached to an aromatic ring is 1. The molecule has 1 heterocycles. The Labute approximate surface area is 119 Å². The predicted octanol–water partition coefficient (Wildman–Crippen LogP) is 3.19. The molecule has 0 saturated carbocycles. The van der Waals surface area contributed by atoms with E-state index in [2.05, 4.69) is 18.7 Å². The van der Waals surface area contributed by atoms with Crippen LogP contribution in [-0.4, -0.2) is 22.9 Å². The molecule has 0 unspecified atom stereocenters. The van der Waals surface area contributed by atoms with Crippen LogP contribution in [0, 0.1) is 15.5 Å². The number of nitro groups is 1. The number of nitro benzene ring substituents is 1. The minimum Gasteiger partial charge on any atom is -0.393 e. The topological polar surface area (TPSA) is 72.4 Å². The van der Waals surface area contributed by atoms with Gasteiger partial charge in [-0.05, 0) is 42.9 Å². The van der Waals surface area contributed by atoms with E-state index < -0.39 is 4.92 Å². The summed E-state index contributed by atoms with van der Waals surface area (Å²) in [6.07, 6.45) is 3.66. The van der Waals surface area contributed by atoms with E-state index in [1.807, 2.05) is 6.07 Å². The number of likely N-dealkylation sites (tertiary alicyclic amines) is 1.